The van der Waals surface area contributed by atoms with Gasteiger partial charge in [0, 0.05) is 12.6 Å². The summed E-state index contributed by atoms with van der Waals surface area (Å²) in [6.45, 7) is 1.46. The Balaban J connectivity index is 2.14. The van der Waals surface area contributed by atoms with Crippen molar-refractivity contribution in [2.45, 2.75) is 17.4 Å². The zero-order valence-corrected chi connectivity index (χ0v) is 9.43. The highest BCUT2D eigenvalue weighted by molar-refractivity contribution is 7.89. The Morgan fingerprint density at radius 3 is 2.56 bits per heavy atom. The second-order valence-electron chi connectivity index (χ2n) is 3.76. The lowest BCUT2D eigenvalue weighted by Gasteiger charge is -2.11. The van der Waals surface area contributed by atoms with Gasteiger partial charge in [0.15, 0.2) is 0 Å². The first-order chi connectivity index (χ1) is 7.58. The van der Waals surface area contributed by atoms with E-state index in [-0.39, 0.29) is 10.9 Å². The van der Waals surface area contributed by atoms with Crippen molar-refractivity contribution in [3.63, 3.8) is 0 Å². The summed E-state index contributed by atoms with van der Waals surface area (Å²) in [6, 6.07) is 4.73. The molecule has 1 atom stereocenters. The van der Waals surface area contributed by atoms with Crippen molar-refractivity contribution >= 4 is 10.0 Å². The molecule has 2 N–H and O–H groups in total. The van der Waals surface area contributed by atoms with Crippen LogP contribution in [0.5, 0.6) is 0 Å². The summed E-state index contributed by atoms with van der Waals surface area (Å²) >= 11 is 0. The molecule has 88 valence electrons. The molecule has 0 radical (unpaired) electrons. The zero-order valence-electron chi connectivity index (χ0n) is 8.61. The molecule has 2 rings (SSSR count). The molecular weight excluding hydrogens is 231 g/mol. The lowest BCUT2D eigenvalue weighted by molar-refractivity contribution is 0.559. The van der Waals surface area contributed by atoms with Gasteiger partial charge >= 0.3 is 0 Å². The topological polar surface area (TPSA) is 58.2 Å². The number of sulfonamides is 1. The monoisotopic (exact) mass is 244 g/mol. The quantitative estimate of drug-likeness (QED) is 0.812. The maximum Gasteiger partial charge on any atom is 0.240 e. The largest absolute Gasteiger partial charge is 0.315 e. The molecule has 1 aromatic carbocycles. The Kier molecular flexibility index (Phi) is 3.22. The number of benzene rings is 1. The van der Waals surface area contributed by atoms with Gasteiger partial charge in [-0.25, -0.2) is 17.5 Å². The average molecular weight is 244 g/mol. The van der Waals surface area contributed by atoms with Gasteiger partial charge in [0.2, 0.25) is 10.0 Å². The van der Waals surface area contributed by atoms with Crippen LogP contribution < -0.4 is 10.0 Å². The van der Waals surface area contributed by atoms with Crippen LogP contribution in [0, 0.1) is 5.82 Å². The Morgan fingerprint density at radius 1 is 1.31 bits per heavy atom. The van der Waals surface area contributed by atoms with E-state index in [1.54, 1.807) is 0 Å². The summed E-state index contributed by atoms with van der Waals surface area (Å²) in [5.74, 6) is -0.443. The van der Waals surface area contributed by atoms with Gasteiger partial charge in [-0.3, -0.25) is 0 Å². The van der Waals surface area contributed by atoms with Gasteiger partial charge in [-0.15, -0.1) is 0 Å². The highest BCUT2D eigenvalue weighted by Gasteiger charge is 2.22. The Morgan fingerprint density at radius 2 is 2.00 bits per heavy atom. The van der Waals surface area contributed by atoms with Crippen LogP contribution in [0.4, 0.5) is 4.39 Å². The third kappa shape index (κ3) is 2.58. The van der Waals surface area contributed by atoms with Gasteiger partial charge < -0.3 is 5.32 Å². The molecule has 0 aliphatic carbocycles. The van der Waals surface area contributed by atoms with E-state index >= 15 is 0 Å². The van der Waals surface area contributed by atoms with Gasteiger partial charge in [0.05, 0.1) is 4.90 Å². The van der Waals surface area contributed by atoms with E-state index in [9.17, 15) is 12.8 Å². The number of hydrogen-bond donors (Lipinski definition) is 2. The van der Waals surface area contributed by atoms with Crippen molar-refractivity contribution in [1.82, 2.24) is 10.0 Å². The molecule has 16 heavy (non-hydrogen) atoms. The number of halogens is 1. The normalized spacial score (nSPS) is 21.2. The fraction of sp³-hybridized carbons (Fsp3) is 0.400. The average Bonchev–Trinajstić information content (AvgIpc) is 2.70. The van der Waals surface area contributed by atoms with Crippen LogP contribution in [0.1, 0.15) is 6.42 Å². The molecule has 1 aliphatic heterocycles. The molecule has 1 heterocycles. The summed E-state index contributed by atoms with van der Waals surface area (Å²) < 4.78 is 38.9. The molecule has 1 saturated heterocycles. The molecule has 0 unspecified atom stereocenters. The van der Waals surface area contributed by atoms with Crippen molar-refractivity contribution in [2.75, 3.05) is 13.1 Å². The molecule has 1 aliphatic rings. The van der Waals surface area contributed by atoms with E-state index in [4.69, 9.17) is 0 Å². The van der Waals surface area contributed by atoms with Gasteiger partial charge in [-0.1, -0.05) is 0 Å². The van der Waals surface area contributed by atoms with E-state index in [1.807, 2.05) is 0 Å². The highest BCUT2D eigenvalue weighted by Crippen LogP contribution is 2.11. The molecule has 0 aromatic heterocycles. The molecular formula is C10H13FN2O2S. The summed E-state index contributed by atoms with van der Waals surface area (Å²) in [7, 11) is -3.52. The molecule has 4 nitrogen and oxygen atoms in total. The predicted octanol–water partition coefficient (Wildman–Crippen LogP) is 0.466. The minimum atomic E-state index is -3.52. The number of rotatable bonds is 3. The molecule has 1 fully saturated rings. The van der Waals surface area contributed by atoms with E-state index in [0.717, 1.165) is 25.1 Å². The van der Waals surface area contributed by atoms with Crippen LogP contribution in [0.25, 0.3) is 0 Å². The summed E-state index contributed by atoms with van der Waals surface area (Å²) in [4.78, 5) is 0.0980. The molecule has 6 heteroatoms. The van der Waals surface area contributed by atoms with Crippen LogP contribution in [-0.2, 0) is 10.0 Å². The third-order valence-electron chi connectivity index (χ3n) is 2.51. The Hall–Kier alpha value is -0.980. The van der Waals surface area contributed by atoms with E-state index in [0.29, 0.717) is 6.54 Å². The maximum atomic E-state index is 12.7. The lowest BCUT2D eigenvalue weighted by atomic mass is 10.3. The van der Waals surface area contributed by atoms with Crippen LogP contribution in [0.3, 0.4) is 0 Å². The molecule has 1 aromatic rings. The smallest absolute Gasteiger partial charge is 0.240 e. The minimum absolute atomic E-state index is 0.0740. The van der Waals surface area contributed by atoms with Gasteiger partial charge in [-0.2, -0.15) is 0 Å². The van der Waals surface area contributed by atoms with Gasteiger partial charge in [0.25, 0.3) is 0 Å². The Bertz CT molecular complexity index is 452. The minimum Gasteiger partial charge on any atom is -0.315 e. The van der Waals surface area contributed by atoms with Crippen LogP contribution >= 0.6 is 0 Å². The van der Waals surface area contributed by atoms with E-state index in [1.165, 1.54) is 12.1 Å². The van der Waals surface area contributed by atoms with Crippen molar-refractivity contribution < 1.29 is 12.8 Å². The fourth-order valence-electron chi connectivity index (χ4n) is 1.66. The fourth-order valence-corrected chi connectivity index (χ4v) is 2.93. The van der Waals surface area contributed by atoms with Crippen LogP contribution in [-0.4, -0.2) is 27.5 Å². The highest BCUT2D eigenvalue weighted by atomic mass is 32.2. The first-order valence-corrected chi connectivity index (χ1v) is 6.55. The second kappa shape index (κ2) is 4.48. The SMILES string of the molecule is O=S(=O)(N[C@@H]1CCNC1)c1ccc(F)cc1. The summed E-state index contributed by atoms with van der Waals surface area (Å²) in [5, 5.41) is 3.07. The van der Waals surface area contributed by atoms with Crippen LogP contribution in [0.15, 0.2) is 29.2 Å². The standard InChI is InChI=1S/C10H13FN2O2S/c11-8-1-3-10(4-2-8)16(14,15)13-9-5-6-12-7-9/h1-4,9,12-13H,5-7H2/t9-/m1/s1. The zero-order chi connectivity index (χ0) is 11.6. The van der Waals surface area contributed by atoms with E-state index < -0.39 is 15.8 Å². The van der Waals surface area contributed by atoms with Crippen LogP contribution in [0.2, 0.25) is 0 Å². The first-order valence-electron chi connectivity index (χ1n) is 5.06. The number of hydrogen-bond acceptors (Lipinski definition) is 3. The maximum absolute atomic E-state index is 12.7. The molecule has 0 saturated carbocycles. The van der Waals surface area contributed by atoms with Gasteiger partial charge in [0.1, 0.15) is 5.82 Å². The Labute approximate surface area is 93.9 Å². The first kappa shape index (κ1) is 11.5. The summed E-state index contributed by atoms with van der Waals surface area (Å²) in [6.07, 6.45) is 0.778. The summed E-state index contributed by atoms with van der Waals surface area (Å²) in [5.41, 5.74) is 0. The van der Waals surface area contributed by atoms with Crippen molar-refractivity contribution in [2.24, 2.45) is 0 Å². The van der Waals surface area contributed by atoms with Crippen molar-refractivity contribution in [3.05, 3.63) is 30.1 Å². The number of nitrogens with one attached hydrogen (secondary N) is 2. The molecule has 0 spiro atoms. The second-order valence-corrected chi connectivity index (χ2v) is 5.48. The third-order valence-corrected chi connectivity index (χ3v) is 4.04. The lowest BCUT2D eigenvalue weighted by Crippen LogP contribution is -2.36. The predicted molar refractivity (Wildman–Crippen MR) is 58.0 cm³/mol. The van der Waals surface area contributed by atoms with Crippen molar-refractivity contribution in [3.8, 4) is 0 Å². The van der Waals surface area contributed by atoms with Crippen molar-refractivity contribution in [1.29, 1.82) is 0 Å². The van der Waals surface area contributed by atoms with E-state index in [2.05, 4.69) is 10.0 Å². The molecule has 0 bridgehead atoms. The molecule has 0 amide bonds. The van der Waals surface area contributed by atoms with Gasteiger partial charge in [-0.05, 0) is 37.2 Å².